The van der Waals surface area contributed by atoms with Gasteiger partial charge in [-0.1, -0.05) is 30.3 Å². The quantitative estimate of drug-likeness (QED) is 0.727. The van der Waals surface area contributed by atoms with Crippen LogP contribution in [0.1, 0.15) is 10.4 Å². The maximum atomic E-state index is 11.6. The SMILES string of the molecule is O=C(Cl)c1cc(-c2ccccc2)cn2c(=O)[nH]nc12. The fraction of sp³-hybridized carbons (Fsp3) is 0. The van der Waals surface area contributed by atoms with E-state index in [0.717, 1.165) is 11.1 Å². The van der Waals surface area contributed by atoms with Crippen molar-refractivity contribution in [2.24, 2.45) is 0 Å². The van der Waals surface area contributed by atoms with Crippen LogP contribution in [-0.2, 0) is 0 Å². The number of halogens is 1. The summed E-state index contributed by atoms with van der Waals surface area (Å²) >= 11 is 5.54. The highest BCUT2D eigenvalue weighted by Crippen LogP contribution is 2.22. The van der Waals surface area contributed by atoms with E-state index in [1.54, 1.807) is 12.3 Å². The number of aromatic nitrogens is 3. The molecule has 0 radical (unpaired) electrons. The number of nitrogens with zero attached hydrogens (tertiary/aromatic N) is 2. The van der Waals surface area contributed by atoms with Crippen molar-refractivity contribution < 1.29 is 4.79 Å². The van der Waals surface area contributed by atoms with Crippen LogP contribution in [0.15, 0.2) is 47.4 Å². The molecule has 1 aromatic carbocycles. The summed E-state index contributed by atoms with van der Waals surface area (Å²) in [6.45, 7) is 0. The second-order valence-corrected chi connectivity index (χ2v) is 4.35. The summed E-state index contributed by atoms with van der Waals surface area (Å²) in [6.07, 6.45) is 1.62. The first-order valence-electron chi connectivity index (χ1n) is 5.53. The molecule has 0 unspecified atom stereocenters. The molecule has 94 valence electrons. The van der Waals surface area contributed by atoms with Gasteiger partial charge in [0.05, 0.1) is 5.56 Å². The van der Waals surface area contributed by atoms with E-state index in [1.807, 2.05) is 30.3 Å². The molecule has 0 amide bonds. The van der Waals surface area contributed by atoms with Crippen LogP contribution in [0.3, 0.4) is 0 Å². The Morgan fingerprint density at radius 3 is 2.63 bits per heavy atom. The van der Waals surface area contributed by atoms with Crippen molar-refractivity contribution in [2.75, 3.05) is 0 Å². The van der Waals surface area contributed by atoms with Crippen molar-refractivity contribution in [3.63, 3.8) is 0 Å². The van der Waals surface area contributed by atoms with Gasteiger partial charge in [-0.05, 0) is 28.8 Å². The first kappa shape index (κ1) is 11.7. The van der Waals surface area contributed by atoms with E-state index < -0.39 is 10.9 Å². The molecule has 5 nitrogen and oxygen atoms in total. The van der Waals surface area contributed by atoms with Gasteiger partial charge in [-0.25, -0.2) is 14.3 Å². The Bertz CT molecular complexity index is 821. The molecule has 0 bridgehead atoms. The monoisotopic (exact) mass is 273 g/mol. The van der Waals surface area contributed by atoms with Crippen molar-refractivity contribution in [2.45, 2.75) is 0 Å². The van der Waals surface area contributed by atoms with Gasteiger partial charge in [-0.2, -0.15) is 5.10 Å². The number of H-pyrrole nitrogens is 1. The highest BCUT2D eigenvalue weighted by molar-refractivity contribution is 6.68. The van der Waals surface area contributed by atoms with E-state index in [9.17, 15) is 9.59 Å². The van der Waals surface area contributed by atoms with Crippen molar-refractivity contribution in [1.82, 2.24) is 14.6 Å². The fourth-order valence-electron chi connectivity index (χ4n) is 1.94. The lowest BCUT2D eigenvalue weighted by Crippen LogP contribution is -2.10. The van der Waals surface area contributed by atoms with Gasteiger partial charge in [-0.15, -0.1) is 0 Å². The second kappa shape index (κ2) is 4.37. The zero-order chi connectivity index (χ0) is 13.4. The molecule has 2 aromatic heterocycles. The summed E-state index contributed by atoms with van der Waals surface area (Å²) in [7, 11) is 0. The Kier molecular flexibility index (Phi) is 2.68. The van der Waals surface area contributed by atoms with Crippen LogP contribution in [0.2, 0.25) is 0 Å². The molecule has 0 aliphatic heterocycles. The second-order valence-electron chi connectivity index (χ2n) is 4.00. The van der Waals surface area contributed by atoms with Crippen LogP contribution < -0.4 is 5.69 Å². The Morgan fingerprint density at radius 1 is 1.21 bits per heavy atom. The highest BCUT2D eigenvalue weighted by atomic mass is 35.5. The normalized spacial score (nSPS) is 10.8. The lowest BCUT2D eigenvalue weighted by atomic mass is 10.1. The standard InChI is InChI=1S/C13H8ClN3O2/c14-11(18)10-6-9(8-4-2-1-3-5-8)7-17-12(10)15-16-13(17)19/h1-7H,(H,16,19). The maximum Gasteiger partial charge on any atom is 0.347 e. The van der Waals surface area contributed by atoms with Gasteiger partial charge < -0.3 is 0 Å². The van der Waals surface area contributed by atoms with Crippen LogP contribution in [0, 0.1) is 0 Å². The van der Waals surface area contributed by atoms with E-state index in [4.69, 9.17) is 11.6 Å². The third-order valence-electron chi connectivity index (χ3n) is 2.83. The number of carbonyl (C=O) groups is 1. The molecule has 0 aliphatic carbocycles. The number of carbonyl (C=O) groups excluding carboxylic acids is 1. The highest BCUT2D eigenvalue weighted by Gasteiger charge is 2.14. The summed E-state index contributed by atoms with van der Waals surface area (Å²) < 4.78 is 1.28. The molecule has 0 aliphatic rings. The first-order valence-corrected chi connectivity index (χ1v) is 5.90. The van der Waals surface area contributed by atoms with Gasteiger partial charge in [0.15, 0.2) is 5.65 Å². The van der Waals surface area contributed by atoms with Crippen LogP contribution >= 0.6 is 11.6 Å². The zero-order valence-corrected chi connectivity index (χ0v) is 10.4. The Labute approximate surface area is 112 Å². The minimum Gasteiger partial charge on any atom is -0.275 e. The van der Waals surface area contributed by atoms with Crippen LogP contribution in [0.25, 0.3) is 16.8 Å². The summed E-state index contributed by atoms with van der Waals surface area (Å²) in [4.78, 5) is 23.1. The van der Waals surface area contributed by atoms with E-state index in [0.29, 0.717) is 0 Å². The number of nitrogens with one attached hydrogen (secondary N) is 1. The molecule has 6 heteroatoms. The van der Waals surface area contributed by atoms with Gasteiger partial charge in [-0.3, -0.25) is 4.79 Å². The van der Waals surface area contributed by atoms with Crippen molar-refractivity contribution in [3.05, 3.63) is 58.6 Å². The Hall–Kier alpha value is -2.40. The number of benzene rings is 1. The van der Waals surface area contributed by atoms with Crippen molar-refractivity contribution in [3.8, 4) is 11.1 Å². The molecule has 2 heterocycles. The van der Waals surface area contributed by atoms with Gasteiger partial charge in [0.2, 0.25) is 0 Å². The number of hydrogen-bond acceptors (Lipinski definition) is 3. The minimum absolute atomic E-state index is 0.196. The summed E-state index contributed by atoms with van der Waals surface area (Å²) in [6, 6.07) is 11.0. The predicted octanol–water partition coefficient (Wildman–Crippen LogP) is 2.07. The molecule has 0 saturated carbocycles. The number of rotatable bonds is 2. The van der Waals surface area contributed by atoms with E-state index in [1.165, 1.54) is 4.40 Å². The minimum atomic E-state index is -0.651. The molecule has 3 rings (SSSR count). The van der Waals surface area contributed by atoms with Gasteiger partial charge >= 0.3 is 5.69 Å². The lowest BCUT2D eigenvalue weighted by molar-refractivity contribution is 0.108. The number of aromatic amines is 1. The summed E-state index contributed by atoms with van der Waals surface area (Å²) in [5.41, 5.74) is 1.62. The third-order valence-corrected chi connectivity index (χ3v) is 3.04. The molecular formula is C13H8ClN3O2. The number of fused-ring (bicyclic) bond motifs is 1. The van der Waals surface area contributed by atoms with Crippen LogP contribution in [0.4, 0.5) is 0 Å². The number of hydrogen-bond donors (Lipinski definition) is 1. The molecule has 0 fully saturated rings. The van der Waals surface area contributed by atoms with Gasteiger partial charge in [0.25, 0.3) is 5.24 Å². The van der Waals surface area contributed by atoms with Crippen molar-refractivity contribution in [1.29, 1.82) is 0 Å². The van der Waals surface area contributed by atoms with Gasteiger partial charge in [0, 0.05) is 6.20 Å². The molecule has 19 heavy (non-hydrogen) atoms. The first-order chi connectivity index (χ1) is 9.16. The van der Waals surface area contributed by atoms with Gasteiger partial charge in [0.1, 0.15) is 0 Å². The van der Waals surface area contributed by atoms with E-state index in [-0.39, 0.29) is 11.2 Å². The molecule has 3 aromatic rings. The Morgan fingerprint density at radius 2 is 1.95 bits per heavy atom. The zero-order valence-electron chi connectivity index (χ0n) is 9.63. The molecule has 0 atom stereocenters. The van der Waals surface area contributed by atoms with Crippen LogP contribution in [-0.4, -0.2) is 19.8 Å². The molecule has 1 N–H and O–H groups in total. The average molecular weight is 274 g/mol. The van der Waals surface area contributed by atoms with E-state index in [2.05, 4.69) is 10.2 Å². The maximum absolute atomic E-state index is 11.6. The smallest absolute Gasteiger partial charge is 0.275 e. The third kappa shape index (κ3) is 1.94. The summed E-state index contributed by atoms with van der Waals surface area (Å²) in [5.74, 6) is 0. The lowest BCUT2D eigenvalue weighted by Gasteiger charge is -2.04. The Balaban J connectivity index is 2.36. The van der Waals surface area contributed by atoms with Crippen molar-refractivity contribution >= 4 is 22.5 Å². The molecular weight excluding hydrogens is 266 g/mol. The molecule has 0 spiro atoms. The largest absolute Gasteiger partial charge is 0.347 e. The van der Waals surface area contributed by atoms with E-state index >= 15 is 0 Å². The fourth-order valence-corrected chi connectivity index (χ4v) is 2.08. The topological polar surface area (TPSA) is 67.2 Å². The predicted molar refractivity (Wildman–Crippen MR) is 71.4 cm³/mol. The average Bonchev–Trinajstić information content (AvgIpc) is 2.80. The molecule has 0 saturated heterocycles. The van der Waals surface area contributed by atoms with Crippen LogP contribution in [0.5, 0.6) is 0 Å². The number of pyridine rings is 1. The summed E-state index contributed by atoms with van der Waals surface area (Å²) in [5, 5.41) is 5.44.